The summed E-state index contributed by atoms with van der Waals surface area (Å²) in [6.45, 7) is 3.59. The molecule has 0 aliphatic rings. The van der Waals surface area contributed by atoms with Crippen molar-refractivity contribution in [3.63, 3.8) is 0 Å². The predicted molar refractivity (Wildman–Crippen MR) is 60.6 cm³/mol. The van der Waals surface area contributed by atoms with Crippen molar-refractivity contribution in [3.05, 3.63) is 35.1 Å². The fourth-order valence-corrected chi connectivity index (χ4v) is 1.74. The van der Waals surface area contributed by atoms with Crippen LogP contribution in [-0.4, -0.2) is 12.6 Å². The average molecular weight is 260 g/mol. The summed E-state index contributed by atoms with van der Waals surface area (Å²) in [5.74, 6) is -5.66. The lowest BCUT2D eigenvalue weighted by Crippen LogP contribution is -2.18. The van der Waals surface area contributed by atoms with E-state index in [0.717, 1.165) is 12.1 Å². The van der Waals surface area contributed by atoms with E-state index in [9.17, 15) is 18.0 Å². The van der Waals surface area contributed by atoms with Gasteiger partial charge in [-0.25, -0.2) is 13.2 Å². The second kappa shape index (κ2) is 6.42. The molecule has 0 amide bonds. The minimum absolute atomic E-state index is 0.157. The first-order valence-corrected chi connectivity index (χ1v) is 5.82. The van der Waals surface area contributed by atoms with Crippen LogP contribution in [0.2, 0.25) is 0 Å². The number of carbonyl (C=O) groups excluding carboxylic acids is 1. The Bertz CT molecular complexity index is 432. The first-order chi connectivity index (χ1) is 8.52. The lowest BCUT2D eigenvalue weighted by Gasteiger charge is -2.16. The summed E-state index contributed by atoms with van der Waals surface area (Å²) in [6, 6.07) is 1.90. The van der Waals surface area contributed by atoms with Crippen molar-refractivity contribution in [3.8, 4) is 0 Å². The summed E-state index contributed by atoms with van der Waals surface area (Å²) < 4.78 is 44.4. The number of esters is 1. The Morgan fingerprint density at radius 3 is 2.44 bits per heavy atom. The van der Waals surface area contributed by atoms with Crippen LogP contribution in [0, 0.1) is 17.5 Å². The largest absolute Gasteiger partial charge is 0.466 e. The van der Waals surface area contributed by atoms with Crippen LogP contribution in [0.15, 0.2) is 12.1 Å². The van der Waals surface area contributed by atoms with Crippen molar-refractivity contribution >= 4 is 5.97 Å². The van der Waals surface area contributed by atoms with Crippen molar-refractivity contribution in [2.24, 2.45) is 0 Å². The van der Waals surface area contributed by atoms with Crippen molar-refractivity contribution in [1.29, 1.82) is 0 Å². The highest BCUT2D eigenvalue weighted by atomic mass is 19.2. The van der Waals surface area contributed by atoms with Gasteiger partial charge in [0.1, 0.15) is 0 Å². The Kier molecular flexibility index (Phi) is 5.19. The summed E-state index contributed by atoms with van der Waals surface area (Å²) >= 11 is 0. The third-order valence-electron chi connectivity index (χ3n) is 2.59. The Labute approximate surface area is 104 Å². The van der Waals surface area contributed by atoms with Crippen LogP contribution in [0.5, 0.6) is 0 Å². The fourth-order valence-electron chi connectivity index (χ4n) is 1.74. The summed E-state index contributed by atoms with van der Waals surface area (Å²) in [6.07, 6.45) is 0.919. The molecule has 0 fully saturated rings. The molecule has 0 aliphatic carbocycles. The molecule has 1 unspecified atom stereocenters. The third-order valence-corrected chi connectivity index (χ3v) is 2.59. The van der Waals surface area contributed by atoms with Gasteiger partial charge in [0.2, 0.25) is 0 Å². The normalized spacial score (nSPS) is 12.3. The van der Waals surface area contributed by atoms with E-state index < -0.39 is 29.3 Å². The first kappa shape index (κ1) is 14.5. The highest BCUT2D eigenvalue weighted by molar-refractivity contribution is 5.78. The maximum Gasteiger partial charge on any atom is 0.313 e. The lowest BCUT2D eigenvalue weighted by molar-refractivity contribution is -0.145. The summed E-state index contributed by atoms with van der Waals surface area (Å²) in [7, 11) is 0. The number of hydrogen-bond donors (Lipinski definition) is 0. The zero-order chi connectivity index (χ0) is 13.7. The molecule has 5 heteroatoms. The molecule has 0 N–H and O–H groups in total. The van der Waals surface area contributed by atoms with Crippen LogP contribution >= 0.6 is 0 Å². The highest BCUT2D eigenvalue weighted by Gasteiger charge is 2.26. The van der Waals surface area contributed by atoms with Crippen molar-refractivity contribution in [2.45, 2.75) is 32.6 Å². The van der Waals surface area contributed by atoms with Crippen LogP contribution in [0.1, 0.15) is 38.2 Å². The van der Waals surface area contributed by atoms with Gasteiger partial charge in [-0.15, -0.1) is 0 Å². The molecule has 0 heterocycles. The van der Waals surface area contributed by atoms with Gasteiger partial charge in [0.15, 0.2) is 17.5 Å². The van der Waals surface area contributed by atoms with Crippen LogP contribution in [0.25, 0.3) is 0 Å². The molecular weight excluding hydrogens is 245 g/mol. The van der Waals surface area contributed by atoms with Gasteiger partial charge in [-0.2, -0.15) is 0 Å². The number of benzene rings is 1. The van der Waals surface area contributed by atoms with E-state index in [-0.39, 0.29) is 12.2 Å². The smallest absolute Gasteiger partial charge is 0.313 e. The summed E-state index contributed by atoms with van der Waals surface area (Å²) in [5, 5.41) is 0. The van der Waals surface area contributed by atoms with Crippen LogP contribution in [0.4, 0.5) is 13.2 Å². The van der Waals surface area contributed by atoms with Gasteiger partial charge >= 0.3 is 5.97 Å². The van der Waals surface area contributed by atoms with Gasteiger partial charge in [-0.3, -0.25) is 4.79 Å². The van der Waals surface area contributed by atoms with E-state index >= 15 is 0 Å². The standard InChI is InChI=1S/C13H15F3O2/c1-3-5-9(13(17)18-4-2)8-6-7-10(14)12(16)11(8)15/h6-7,9H,3-5H2,1-2H3. The van der Waals surface area contributed by atoms with Gasteiger partial charge in [0.05, 0.1) is 12.5 Å². The van der Waals surface area contributed by atoms with Crippen molar-refractivity contribution < 1.29 is 22.7 Å². The maximum atomic E-state index is 13.6. The van der Waals surface area contributed by atoms with Gasteiger partial charge in [-0.1, -0.05) is 19.4 Å². The molecule has 0 spiro atoms. The van der Waals surface area contributed by atoms with Gasteiger partial charge in [-0.05, 0) is 19.4 Å². The first-order valence-electron chi connectivity index (χ1n) is 5.82. The Balaban J connectivity index is 3.13. The van der Waals surface area contributed by atoms with E-state index in [1.165, 1.54) is 0 Å². The van der Waals surface area contributed by atoms with E-state index in [0.29, 0.717) is 12.8 Å². The van der Waals surface area contributed by atoms with Crippen molar-refractivity contribution in [2.75, 3.05) is 6.61 Å². The average Bonchev–Trinajstić information content (AvgIpc) is 2.34. The van der Waals surface area contributed by atoms with Gasteiger partial charge in [0, 0.05) is 5.56 Å². The number of carbonyl (C=O) groups is 1. The highest BCUT2D eigenvalue weighted by Crippen LogP contribution is 2.27. The molecule has 18 heavy (non-hydrogen) atoms. The van der Waals surface area contributed by atoms with E-state index in [1.54, 1.807) is 6.92 Å². The Hall–Kier alpha value is -1.52. The van der Waals surface area contributed by atoms with Crippen LogP contribution in [0.3, 0.4) is 0 Å². The molecule has 1 aromatic rings. The number of ether oxygens (including phenoxy) is 1. The Morgan fingerprint density at radius 1 is 1.22 bits per heavy atom. The van der Waals surface area contributed by atoms with Crippen LogP contribution in [-0.2, 0) is 9.53 Å². The molecule has 1 rings (SSSR count). The molecule has 1 aromatic carbocycles. The minimum atomic E-state index is -1.56. The SMILES string of the molecule is CCCC(C(=O)OCC)c1ccc(F)c(F)c1F. The molecule has 0 bridgehead atoms. The van der Waals surface area contributed by atoms with Crippen molar-refractivity contribution in [1.82, 2.24) is 0 Å². The summed E-state index contributed by atoms with van der Waals surface area (Å²) in [4.78, 5) is 11.7. The molecule has 0 radical (unpaired) electrons. The molecule has 0 saturated carbocycles. The molecule has 0 saturated heterocycles. The molecule has 0 aliphatic heterocycles. The molecular formula is C13H15F3O2. The zero-order valence-corrected chi connectivity index (χ0v) is 10.3. The van der Waals surface area contributed by atoms with Gasteiger partial charge in [0.25, 0.3) is 0 Å². The summed E-state index contributed by atoms with van der Waals surface area (Å²) in [5.41, 5.74) is -0.158. The molecule has 0 aromatic heterocycles. The second-order valence-corrected chi connectivity index (χ2v) is 3.86. The topological polar surface area (TPSA) is 26.3 Å². The number of halogens is 3. The molecule has 100 valence electrons. The quantitative estimate of drug-likeness (QED) is 0.597. The minimum Gasteiger partial charge on any atom is -0.466 e. The fraction of sp³-hybridized carbons (Fsp3) is 0.462. The zero-order valence-electron chi connectivity index (χ0n) is 10.3. The number of rotatable bonds is 5. The monoisotopic (exact) mass is 260 g/mol. The maximum absolute atomic E-state index is 13.6. The third kappa shape index (κ3) is 3.03. The molecule has 2 nitrogen and oxygen atoms in total. The molecule has 1 atom stereocenters. The van der Waals surface area contributed by atoms with Gasteiger partial charge < -0.3 is 4.74 Å². The van der Waals surface area contributed by atoms with E-state index in [4.69, 9.17) is 4.74 Å². The van der Waals surface area contributed by atoms with Crippen LogP contribution < -0.4 is 0 Å². The second-order valence-electron chi connectivity index (χ2n) is 3.86. The van der Waals surface area contributed by atoms with E-state index in [2.05, 4.69) is 0 Å². The Morgan fingerprint density at radius 2 is 1.89 bits per heavy atom. The lowest BCUT2D eigenvalue weighted by atomic mass is 9.94. The van der Waals surface area contributed by atoms with E-state index in [1.807, 2.05) is 6.92 Å². The number of hydrogen-bond acceptors (Lipinski definition) is 2. The predicted octanol–water partition coefficient (Wildman–Crippen LogP) is 3.55.